The number of sulfone groups is 1. The molecule has 2 rings (SSSR count). The molecule has 1 aromatic rings. The number of thiazole rings is 1. The third kappa shape index (κ3) is 2.81. The fourth-order valence-electron chi connectivity index (χ4n) is 1.89. The van der Waals surface area contributed by atoms with Crippen LogP contribution in [0, 0.1) is 5.92 Å². The van der Waals surface area contributed by atoms with Crippen molar-refractivity contribution in [1.82, 2.24) is 4.98 Å². The summed E-state index contributed by atoms with van der Waals surface area (Å²) >= 11 is 1.50. The molecule has 6 heteroatoms. The maximum absolute atomic E-state index is 11.3. The molecule has 0 aromatic carbocycles. The number of hydrogen-bond donors (Lipinski definition) is 1. The molecule has 16 heavy (non-hydrogen) atoms. The molecule has 1 aromatic heterocycles. The zero-order chi connectivity index (χ0) is 11.8. The minimum atomic E-state index is -2.80. The topological polar surface area (TPSA) is 67.3 Å². The maximum atomic E-state index is 11.3. The Morgan fingerprint density at radius 1 is 1.69 bits per heavy atom. The number of aromatic nitrogens is 1. The quantitative estimate of drug-likeness (QED) is 0.887. The van der Waals surface area contributed by atoms with Gasteiger partial charge in [0.15, 0.2) is 9.84 Å². The lowest BCUT2D eigenvalue weighted by molar-refractivity contribution is 0.195. The van der Waals surface area contributed by atoms with E-state index in [0.717, 1.165) is 17.8 Å². The van der Waals surface area contributed by atoms with Crippen LogP contribution in [-0.2, 0) is 16.3 Å². The largest absolute Gasteiger partial charge is 0.387 e. The Kier molecular flexibility index (Phi) is 3.32. The third-order valence-electron chi connectivity index (χ3n) is 2.79. The van der Waals surface area contributed by atoms with Crippen molar-refractivity contribution in [3.63, 3.8) is 0 Å². The third-order valence-corrected chi connectivity index (χ3v) is 5.51. The van der Waals surface area contributed by atoms with Crippen LogP contribution in [0.25, 0.3) is 0 Å². The summed E-state index contributed by atoms with van der Waals surface area (Å²) in [6.45, 7) is 1.68. The van der Waals surface area contributed by atoms with E-state index in [2.05, 4.69) is 4.98 Å². The van der Waals surface area contributed by atoms with E-state index in [-0.39, 0.29) is 11.7 Å². The van der Waals surface area contributed by atoms with Gasteiger partial charge in [-0.15, -0.1) is 11.3 Å². The lowest BCUT2D eigenvalue weighted by Gasteiger charge is -2.03. The van der Waals surface area contributed by atoms with E-state index in [0.29, 0.717) is 11.4 Å². The van der Waals surface area contributed by atoms with Crippen LogP contribution in [0.5, 0.6) is 0 Å². The first-order chi connectivity index (χ1) is 7.46. The summed E-state index contributed by atoms with van der Waals surface area (Å²) in [5.41, 5.74) is 0.681. The molecule has 0 saturated carbocycles. The number of nitrogens with zero attached hydrogens (tertiary/aromatic N) is 1. The second-order valence-corrected chi connectivity index (χ2v) is 7.49. The van der Waals surface area contributed by atoms with Crippen molar-refractivity contribution in [2.45, 2.75) is 25.9 Å². The van der Waals surface area contributed by atoms with Gasteiger partial charge in [0.1, 0.15) is 0 Å². The minimum Gasteiger partial charge on any atom is -0.387 e. The molecular weight excluding hydrogens is 246 g/mol. The van der Waals surface area contributed by atoms with Crippen molar-refractivity contribution in [3.05, 3.63) is 16.1 Å². The normalized spacial score (nSPS) is 25.8. The average molecular weight is 261 g/mol. The molecule has 1 aliphatic heterocycles. The Morgan fingerprint density at radius 3 is 2.94 bits per heavy atom. The molecule has 1 saturated heterocycles. The molecule has 2 heterocycles. The van der Waals surface area contributed by atoms with E-state index in [1.807, 2.05) is 5.38 Å². The standard InChI is InChI=1S/C10H15NO3S2/c1-7(12)9-5-15-10(11-9)4-8-2-3-16(13,14)6-8/h5,7-8,12H,2-4,6H2,1H3. The molecule has 4 nitrogen and oxygen atoms in total. The van der Waals surface area contributed by atoms with Gasteiger partial charge >= 0.3 is 0 Å². The van der Waals surface area contributed by atoms with Crippen LogP contribution in [0.4, 0.5) is 0 Å². The van der Waals surface area contributed by atoms with Crippen molar-refractivity contribution < 1.29 is 13.5 Å². The van der Waals surface area contributed by atoms with Gasteiger partial charge in [-0.1, -0.05) is 0 Å². The molecule has 90 valence electrons. The first-order valence-electron chi connectivity index (χ1n) is 5.29. The Morgan fingerprint density at radius 2 is 2.44 bits per heavy atom. The average Bonchev–Trinajstić information content (AvgIpc) is 2.73. The van der Waals surface area contributed by atoms with Gasteiger partial charge in [0.25, 0.3) is 0 Å². The fraction of sp³-hybridized carbons (Fsp3) is 0.700. The number of rotatable bonds is 3. The lowest BCUT2D eigenvalue weighted by atomic mass is 10.1. The summed E-state index contributed by atoms with van der Waals surface area (Å²) in [6, 6.07) is 0. The van der Waals surface area contributed by atoms with Crippen molar-refractivity contribution in [1.29, 1.82) is 0 Å². The predicted octanol–water partition coefficient (Wildman–Crippen LogP) is 1.17. The van der Waals surface area contributed by atoms with E-state index in [1.165, 1.54) is 11.3 Å². The van der Waals surface area contributed by atoms with Gasteiger partial charge in [-0.25, -0.2) is 13.4 Å². The molecule has 0 amide bonds. The second-order valence-electron chi connectivity index (χ2n) is 4.32. The van der Waals surface area contributed by atoms with Crippen molar-refractivity contribution in [3.8, 4) is 0 Å². The predicted molar refractivity (Wildman–Crippen MR) is 63.2 cm³/mol. The summed E-state index contributed by atoms with van der Waals surface area (Å²) in [6.07, 6.45) is 0.917. The first-order valence-corrected chi connectivity index (χ1v) is 7.99. The Bertz CT molecular complexity index is 464. The van der Waals surface area contributed by atoms with Crippen LogP contribution in [0.2, 0.25) is 0 Å². The van der Waals surface area contributed by atoms with Crippen LogP contribution >= 0.6 is 11.3 Å². The molecule has 2 unspecified atom stereocenters. The maximum Gasteiger partial charge on any atom is 0.150 e. The van der Waals surface area contributed by atoms with Crippen LogP contribution in [0.1, 0.15) is 30.2 Å². The van der Waals surface area contributed by atoms with Crippen molar-refractivity contribution in [2.75, 3.05) is 11.5 Å². The first kappa shape index (κ1) is 12.0. The summed E-state index contributed by atoms with van der Waals surface area (Å²) in [5.74, 6) is 0.807. The number of aliphatic hydroxyl groups is 1. The van der Waals surface area contributed by atoms with Crippen molar-refractivity contribution >= 4 is 21.2 Å². The molecule has 1 fully saturated rings. The van der Waals surface area contributed by atoms with Crippen molar-refractivity contribution in [2.24, 2.45) is 5.92 Å². The molecule has 0 bridgehead atoms. The molecule has 0 radical (unpaired) electrons. The smallest absolute Gasteiger partial charge is 0.150 e. The highest BCUT2D eigenvalue weighted by Crippen LogP contribution is 2.25. The highest BCUT2D eigenvalue weighted by molar-refractivity contribution is 7.91. The number of hydrogen-bond acceptors (Lipinski definition) is 5. The van der Waals surface area contributed by atoms with E-state index < -0.39 is 15.9 Å². The zero-order valence-corrected chi connectivity index (χ0v) is 10.7. The van der Waals surface area contributed by atoms with E-state index in [1.54, 1.807) is 6.92 Å². The molecule has 0 aliphatic carbocycles. The fourth-order valence-corrected chi connectivity index (χ4v) is 4.75. The van der Waals surface area contributed by atoms with Gasteiger partial charge in [-0.2, -0.15) is 0 Å². The van der Waals surface area contributed by atoms with Crippen LogP contribution in [-0.4, -0.2) is 30.0 Å². The second kappa shape index (κ2) is 4.43. The van der Waals surface area contributed by atoms with Gasteiger partial charge in [0, 0.05) is 11.8 Å². The van der Waals surface area contributed by atoms with Crippen LogP contribution < -0.4 is 0 Å². The van der Waals surface area contributed by atoms with Gasteiger partial charge < -0.3 is 5.11 Å². The van der Waals surface area contributed by atoms with Gasteiger partial charge in [-0.3, -0.25) is 0 Å². The summed E-state index contributed by atoms with van der Waals surface area (Å²) in [5, 5.41) is 12.1. The monoisotopic (exact) mass is 261 g/mol. The summed E-state index contributed by atoms with van der Waals surface area (Å²) in [4.78, 5) is 4.29. The van der Waals surface area contributed by atoms with Gasteiger partial charge in [0.05, 0.1) is 28.3 Å². The SMILES string of the molecule is CC(O)c1csc(CC2CCS(=O)(=O)C2)n1. The highest BCUT2D eigenvalue weighted by atomic mass is 32.2. The van der Waals surface area contributed by atoms with E-state index in [9.17, 15) is 13.5 Å². The zero-order valence-electron chi connectivity index (χ0n) is 9.09. The van der Waals surface area contributed by atoms with E-state index in [4.69, 9.17) is 0 Å². The molecule has 1 aliphatic rings. The van der Waals surface area contributed by atoms with Gasteiger partial charge in [-0.05, 0) is 19.3 Å². The van der Waals surface area contributed by atoms with E-state index >= 15 is 0 Å². The molecule has 1 N–H and O–H groups in total. The summed E-state index contributed by atoms with van der Waals surface area (Å²) in [7, 11) is -2.80. The Hall–Kier alpha value is -0.460. The van der Waals surface area contributed by atoms with Crippen LogP contribution in [0.3, 0.4) is 0 Å². The molecular formula is C10H15NO3S2. The Balaban J connectivity index is 2.00. The van der Waals surface area contributed by atoms with Crippen LogP contribution in [0.15, 0.2) is 5.38 Å². The lowest BCUT2D eigenvalue weighted by Crippen LogP contribution is -2.07. The number of aliphatic hydroxyl groups excluding tert-OH is 1. The molecule has 2 atom stereocenters. The highest BCUT2D eigenvalue weighted by Gasteiger charge is 2.28. The summed E-state index contributed by atoms with van der Waals surface area (Å²) < 4.78 is 22.6. The Labute approximate surface area is 99.3 Å². The van der Waals surface area contributed by atoms with Gasteiger partial charge in [0.2, 0.25) is 0 Å². The molecule has 0 spiro atoms. The minimum absolute atomic E-state index is 0.206.